The standard InChI is InChI=1S/C11H14ClNO2/c12-9-6-7(2-1-4-13)10(14)11-8(9)3-5-15-11/h6,14H,1-5,13H2. The summed E-state index contributed by atoms with van der Waals surface area (Å²) in [5, 5.41) is 10.6. The second-order valence-electron chi connectivity index (χ2n) is 3.66. The number of fused-ring (bicyclic) bond motifs is 1. The molecule has 0 saturated carbocycles. The van der Waals surface area contributed by atoms with E-state index in [0.29, 0.717) is 23.9 Å². The molecule has 0 unspecified atom stereocenters. The Balaban J connectivity index is 2.36. The smallest absolute Gasteiger partial charge is 0.166 e. The van der Waals surface area contributed by atoms with Gasteiger partial charge in [-0.1, -0.05) is 11.6 Å². The van der Waals surface area contributed by atoms with Crippen LogP contribution in [0.4, 0.5) is 0 Å². The number of ether oxygens (including phenoxy) is 1. The normalized spacial score (nSPS) is 13.7. The predicted molar refractivity (Wildman–Crippen MR) is 59.7 cm³/mol. The van der Waals surface area contributed by atoms with E-state index in [-0.39, 0.29) is 5.75 Å². The summed E-state index contributed by atoms with van der Waals surface area (Å²) < 4.78 is 5.36. The average Bonchev–Trinajstić information content (AvgIpc) is 2.70. The molecule has 3 nitrogen and oxygen atoms in total. The lowest BCUT2D eigenvalue weighted by Crippen LogP contribution is -2.01. The highest BCUT2D eigenvalue weighted by Crippen LogP contribution is 2.42. The van der Waals surface area contributed by atoms with Crippen molar-refractivity contribution in [3.05, 3.63) is 22.2 Å². The van der Waals surface area contributed by atoms with Gasteiger partial charge >= 0.3 is 0 Å². The summed E-state index contributed by atoms with van der Waals surface area (Å²) in [5.74, 6) is 0.801. The van der Waals surface area contributed by atoms with E-state index in [2.05, 4.69) is 0 Å². The van der Waals surface area contributed by atoms with Crippen LogP contribution in [0.5, 0.6) is 11.5 Å². The third-order valence-corrected chi connectivity index (χ3v) is 2.97. The van der Waals surface area contributed by atoms with Gasteiger partial charge in [0.1, 0.15) is 0 Å². The van der Waals surface area contributed by atoms with Gasteiger partial charge in [-0.25, -0.2) is 0 Å². The highest BCUT2D eigenvalue weighted by Gasteiger charge is 2.22. The molecule has 0 amide bonds. The Morgan fingerprint density at radius 3 is 3.07 bits per heavy atom. The Bertz CT molecular complexity index is 379. The van der Waals surface area contributed by atoms with Crippen molar-refractivity contribution in [3.8, 4) is 11.5 Å². The summed E-state index contributed by atoms with van der Waals surface area (Å²) in [7, 11) is 0. The zero-order valence-electron chi connectivity index (χ0n) is 8.42. The van der Waals surface area contributed by atoms with Gasteiger partial charge in [-0.2, -0.15) is 0 Å². The Labute approximate surface area is 93.8 Å². The van der Waals surface area contributed by atoms with Crippen LogP contribution in [-0.4, -0.2) is 18.3 Å². The van der Waals surface area contributed by atoms with E-state index in [9.17, 15) is 5.11 Å². The third kappa shape index (κ3) is 1.90. The lowest BCUT2D eigenvalue weighted by Gasteiger charge is -2.09. The highest BCUT2D eigenvalue weighted by molar-refractivity contribution is 6.31. The minimum absolute atomic E-state index is 0.236. The first-order chi connectivity index (χ1) is 7.24. The number of rotatable bonds is 3. The van der Waals surface area contributed by atoms with Crippen LogP contribution in [-0.2, 0) is 12.8 Å². The largest absolute Gasteiger partial charge is 0.504 e. The molecule has 4 heteroatoms. The molecule has 0 fully saturated rings. The zero-order valence-corrected chi connectivity index (χ0v) is 9.18. The molecule has 15 heavy (non-hydrogen) atoms. The van der Waals surface area contributed by atoms with E-state index in [0.717, 1.165) is 30.4 Å². The van der Waals surface area contributed by atoms with Crippen molar-refractivity contribution in [2.75, 3.05) is 13.2 Å². The first-order valence-corrected chi connectivity index (χ1v) is 5.48. The Morgan fingerprint density at radius 2 is 2.33 bits per heavy atom. The Morgan fingerprint density at radius 1 is 1.53 bits per heavy atom. The number of hydrogen-bond donors (Lipinski definition) is 2. The number of phenolic OH excluding ortho intramolecular Hbond substituents is 1. The van der Waals surface area contributed by atoms with E-state index in [4.69, 9.17) is 22.1 Å². The van der Waals surface area contributed by atoms with Crippen molar-refractivity contribution >= 4 is 11.6 Å². The van der Waals surface area contributed by atoms with Gasteiger partial charge < -0.3 is 15.6 Å². The molecule has 3 N–H and O–H groups in total. The van der Waals surface area contributed by atoms with E-state index in [1.165, 1.54) is 0 Å². The fourth-order valence-corrected chi connectivity index (χ4v) is 2.14. The van der Waals surface area contributed by atoms with Gasteiger partial charge in [-0.05, 0) is 31.0 Å². The van der Waals surface area contributed by atoms with E-state index < -0.39 is 0 Å². The summed E-state index contributed by atoms with van der Waals surface area (Å²) in [6.07, 6.45) is 2.35. The molecule has 0 aromatic heterocycles. The maximum Gasteiger partial charge on any atom is 0.166 e. The van der Waals surface area contributed by atoms with Gasteiger partial charge in [-0.15, -0.1) is 0 Å². The predicted octanol–water partition coefficient (Wildman–Crippen LogP) is 1.87. The molecule has 1 aromatic carbocycles. The first-order valence-electron chi connectivity index (χ1n) is 5.10. The number of benzene rings is 1. The molecular weight excluding hydrogens is 214 g/mol. The molecular formula is C11H14ClNO2. The average molecular weight is 228 g/mol. The van der Waals surface area contributed by atoms with Crippen molar-refractivity contribution < 1.29 is 9.84 Å². The van der Waals surface area contributed by atoms with E-state index >= 15 is 0 Å². The lowest BCUT2D eigenvalue weighted by molar-refractivity contribution is 0.333. The van der Waals surface area contributed by atoms with Crippen molar-refractivity contribution in [3.63, 3.8) is 0 Å². The summed E-state index contributed by atoms with van der Waals surface area (Å²) in [6.45, 7) is 1.21. The molecule has 82 valence electrons. The molecule has 0 saturated heterocycles. The molecule has 0 aliphatic carbocycles. The maximum absolute atomic E-state index is 9.94. The Kier molecular flexibility index (Phi) is 3.03. The van der Waals surface area contributed by atoms with E-state index in [1.54, 1.807) is 0 Å². The van der Waals surface area contributed by atoms with Crippen LogP contribution in [0.1, 0.15) is 17.5 Å². The quantitative estimate of drug-likeness (QED) is 0.829. The van der Waals surface area contributed by atoms with Gasteiger partial charge in [0.25, 0.3) is 0 Å². The summed E-state index contributed by atoms with van der Waals surface area (Å²) >= 11 is 6.10. The summed E-state index contributed by atoms with van der Waals surface area (Å²) in [4.78, 5) is 0. The SMILES string of the molecule is NCCCc1cc(Cl)c2c(c1O)OCC2. The number of nitrogens with two attached hydrogens (primary N) is 1. The van der Waals surface area contributed by atoms with Crippen LogP contribution in [0.15, 0.2) is 6.07 Å². The van der Waals surface area contributed by atoms with E-state index in [1.807, 2.05) is 6.07 Å². The number of phenols is 1. The van der Waals surface area contributed by atoms with Crippen LogP contribution in [0.3, 0.4) is 0 Å². The summed E-state index contributed by atoms with van der Waals surface area (Å²) in [5.41, 5.74) is 7.18. The topological polar surface area (TPSA) is 55.5 Å². The number of aryl methyl sites for hydroxylation is 1. The van der Waals surface area contributed by atoms with Crippen molar-refractivity contribution in [2.45, 2.75) is 19.3 Å². The van der Waals surface area contributed by atoms with Gasteiger partial charge in [-0.3, -0.25) is 0 Å². The summed E-state index contributed by atoms with van der Waals surface area (Å²) in [6, 6.07) is 1.82. The number of halogens is 1. The van der Waals surface area contributed by atoms with Crippen LogP contribution in [0.25, 0.3) is 0 Å². The van der Waals surface area contributed by atoms with Gasteiger partial charge in [0.15, 0.2) is 11.5 Å². The molecule has 0 bridgehead atoms. The number of hydrogen-bond acceptors (Lipinski definition) is 3. The lowest BCUT2D eigenvalue weighted by atomic mass is 10.0. The molecule has 0 spiro atoms. The van der Waals surface area contributed by atoms with Crippen LogP contribution in [0, 0.1) is 0 Å². The fraction of sp³-hybridized carbons (Fsp3) is 0.455. The number of aromatic hydroxyl groups is 1. The molecule has 2 rings (SSSR count). The van der Waals surface area contributed by atoms with Crippen LogP contribution in [0.2, 0.25) is 5.02 Å². The minimum Gasteiger partial charge on any atom is -0.504 e. The second-order valence-corrected chi connectivity index (χ2v) is 4.07. The molecule has 1 aliphatic rings. The molecule has 1 aromatic rings. The monoisotopic (exact) mass is 227 g/mol. The van der Waals surface area contributed by atoms with Crippen molar-refractivity contribution in [1.82, 2.24) is 0 Å². The van der Waals surface area contributed by atoms with Gasteiger partial charge in [0, 0.05) is 17.0 Å². The fourth-order valence-electron chi connectivity index (χ4n) is 1.83. The first kappa shape index (κ1) is 10.6. The maximum atomic E-state index is 9.94. The van der Waals surface area contributed by atoms with Crippen LogP contribution >= 0.6 is 11.6 Å². The molecule has 1 aliphatic heterocycles. The molecule has 0 atom stereocenters. The van der Waals surface area contributed by atoms with Crippen molar-refractivity contribution in [1.29, 1.82) is 0 Å². The van der Waals surface area contributed by atoms with Crippen LogP contribution < -0.4 is 10.5 Å². The van der Waals surface area contributed by atoms with Crippen molar-refractivity contribution in [2.24, 2.45) is 5.73 Å². The second kappa shape index (κ2) is 4.29. The Hall–Kier alpha value is -0.930. The molecule has 0 radical (unpaired) electrons. The highest BCUT2D eigenvalue weighted by atomic mass is 35.5. The zero-order chi connectivity index (χ0) is 10.8. The van der Waals surface area contributed by atoms with Gasteiger partial charge in [0.2, 0.25) is 0 Å². The molecule has 1 heterocycles. The third-order valence-electron chi connectivity index (χ3n) is 2.63. The van der Waals surface area contributed by atoms with Gasteiger partial charge in [0.05, 0.1) is 6.61 Å². The minimum atomic E-state index is 0.236.